The number of unbranched alkanes of at least 4 members (excludes halogenated alkanes) is 1. The molecule has 0 aromatic rings. The van der Waals surface area contributed by atoms with E-state index < -0.39 is 0 Å². The van der Waals surface area contributed by atoms with Gasteiger partial charge in [0, 0.05) is 26.2 Å². The smallest absolute Gasteiger partial charge is 0.0443 e. The molecule has 0 saturated carbocycles. The van der Waals surface area contributed by atoms with Gasteiger partial charge in [0.2, 0.25) is 0 Å². The van der Waals surface area contributed by atoms with Crippen molar-refractivity contribution in [2.45, 2.75) is 25.7 Å². The van der Waals surface area contributed by atoms with Gasteiger partial charge in [0.05, 0.1) is 0 Å². The highest BCUT2D eigenvalue weighted by Gasteiger charge is 2.13. The maximum Gasteiger partial charge on any atom is 0.0443 e. The molecule has 3 N–H and O–H groups in total. The number of aliphatic hydroxyl groups excluding tert-OH is 1. The Morgan fingerprint density at radius 1 is 0.875 bits per heavy atom. The van der Waals surface area contributed by atoms with Gasteiger partial charge in [-0.3, -0.25) is 0 Å². The molecule has 16 heavy (non-hydrogen) atoms. The fourth-order valence-corrected chi connectivity index (χ4v) is 2.25. The molecule has 1 aliphatic heterocycles. The summed E-state index contributed by atoms with van der Waals surface area (Å²) in [6.45, 7) is 8.12. The van der Waals surface area contributed by atoms with E-state index in [-0.39, 0.29) is 0 Å². The van der Waals surface area contributed by atoms with Gasteiger partial charge in [-0.2, -0.15) is 0 Å². The molecule has 0 aromatic carbocycles. The summed E-state index contributed by atoms with van der Waals surface area (Å²) < 4.78 is 0. The standard InChI is InChI=1S/C12H27N3O/c13-5-1-2-6-14-7-3-8-15(11-10-14)9-4-12-16/h16H,1-13H2. The van der Waals surface area contributed by atoms with Crippen molar-refractivity contribution in [3.63, 3.8) is 0 Å². The van der Waals surface area contributed by atoms with E-state index in [4.69, 9.17) is 10.8 Å². The minimum atomic E-state index is 0.316. The molecule has 0 unspecified atom stereocenters. The molecule has 1 saturated heterocycles. The van der Waals surface area contributed by atoms with Crippen LogP contribution in [0.15, 0.2) is 0 Å². The van der Waals surface area contributed by atoms with Crippen LogP contribution in [-0.2, 0) is 0 Å². The molecule has 0 spiro atoms. The number of nitrogens with zero attached hydrogens (tertiary/aromatic N) is 2. The summed E-state index contributed by atoms with van der Waals surface area (Å²) in [5.74, 6) is 0. The first-order chi connectivity index (χ1) is 7.86. The lowest BCUT2D eigenvalue weighted by atomic mass is 10.3. The lowest BCUT2D eigenvalue weighted by molar-refractivity contribution is 0.222. The van der Waals surface area contributed by atoms with Crippen molar-refractivity contribution >= 4 is 0 Å². The summed E-state index contributed by atoms with van der Waals surface area (Å²) in [5, 5.41) is 8.81. The molecular weight excluding hydrogens is 202 g/mol. The molecule has 0 radical (unpaired) electrons. The molecule has 96 valence electrons. The largest absolute Gasteiger partial charge is 0.396 e. The van der Waals surface area contributed by atoms with Crippen molar-refractivity contribution in [1.29, 1.82) is 0 Å². The second kappa shape index (κ2) is 8.93. The highest BCUT2D eigenvalue weighted by atomic mass is 16.3. The van der Waals surface area contributed by atoms with Crippen molar-refractivity contribution in [2.24, 2.45) is 5.73 Å². The summed E-state index contributed by atoms with van der Waals surface area (Å²) in [4.78, 5) is 5.02. The van der Waals surface area contributed by atoms with Gasteiger partial charge in [-0.25, -0.2) is 0 Å². The summed E-state index contributed by atoms with van der Waals surface area (Å²) in [7, 11) is 0. The normalized spacial score (nSPS) is 19.9. The van der Waals surface area contributed by atoms with Gasteiger partial charge >= 0.3 is 0 Å². The van der Waals surface area contributed by atoms with Crippen LogP contribution < -0.4 is 5.73 Å². The van der Waals surface area contributed by atoms with Crippen LogP contribution in [-0.4, -0.2) is 67.3 Å². The van der Waals surface area contributed by atoms with Crippen LogP contribution in [0.2, 0.25) is 0 Å². The van der Waals surface area contributed by atoms with Crippen LogP contribution in [0.3, 0.4) is 0 Å². The van der Waals surface area contributed by atoms with Gasteiger partial charge in [0.1, 0.15) is 0 Å². The second-order valence-electron chi connectivity index (χ2n) is 4.61. The minimum Gasteiger partial charge on any atom is -0.396 e. The van der Waals surface area contributed by atoms with E-state index in [0.717, 1.165) is 32.5 Å². The molecule has 0 aromatic heterocycles. The van der Waals surface area contributed by atoms with Gasteiger partial charge in [0.15, 0.2) is 0 Å². The lowest BCUT2D eigenvalue weighted by Crippen LogP contribution is -2.32. The summed E-state index contributed by atoms with van der Waals surface area (Å²) in [6, 6.07) is 0. The predicted octanol–water partition coefficient (Wildman–Crippen LogP) is 0.115. The Kier molecular flexibility index (Phi) is 7.76. The second-order valence-corrected chi connectivity index (χ2v) is 4.61. The Morgan fingerprint density at radius 2 is 1.50 bits per heavy atom. The van der Waals surface area contributed by atoms with Crippen LogP contribution in [0.5, 0.6) is 0 Å². The van der Waals surface area contributed by atoms with Crippen LogP contribution in [0.25, 0.3) is 0 Å². The molecule has 1 rings (SSSR count). The van der Waals surface area contributed by atoms with Crippen LogP contribution >= 0.6 is 0 Å². The molecule has 0 bridgehead atoms. The lowest BCUT2D eigenvalue weighted by Gasteiger charge is -2.21. The Morgan fingerprint density at radius 3 is 2.06 bits per heavy atom. The maximum atomic E-state index is 8.81. The molecule has 4 heteroatoms. The van der Waals surface area contributed by atoms with Crippen LogP contribution in [0.1, 0.15) is 25.7 Å². The third-order valence-corrected chi connectivity index (χ3v) is 3.24. The zero-order valence-electron chi connectivity index (χ0n) is 10.4. The highest BCUT2D eigenvalue weighted by Crippen LogP contribution is 2.04. The zero-order valence-corrected chi connectivity index (χ0v) is 10.4. The van der Waals surface area contributed by atoms with Crippen LogP contribution in [0.4, 0.5) is 0 Å². The fourth-order valence-electron chi connectivity index (χ4n) is 2.25. The van der Waals surface area contributed by atoms with E-state index in [1.807, 2.05) is 0 Å². The molecule has 0 aliphatic carbocycles. The topological polar surface area (TPSA) is 52.7 Å². The molecule has 1 fully saturated rings. The Hall–Kier alpha value is -0.160. The Bertz CT molecular complexity index is 166. The molecular formula is C12H27N3O. The number of nitrogens with two attached hydrogens (primary N) is 1. The van der Waals surface area contributed by atoms with Crippen molar-refractivity contribution in [3.05, 3.63) is 0 Å². The average molecular weight is 229 g/mol. The van der Waals surface area contributed by atoms with Gasteiger partial charge in [-0.1, -0.05) is 0 Å². The van der Waals surface area contributed by atoms with E-state index >= 15 is 0 Å². The van der Waals surface area contributed by atoms with E-state index in [1.165, 1.54) is 39.0 Å². The molecule has 0 atom stereocenters. The summed E-state index contributed by atoms with van der Waals surface area (Å²) in [5.41, 5.74) is 5.50. The maximum absolute atomic E-state index is 8.81. The van der Waals surface area contributed by atoms with Crippen molar-refractivity contribution in [2.75, 3.05) is 52.4 Å². The third-order valence-electron chi connectivity index (χ3n) is 3.24. The molecule has 1 aliphatic rings. The monoisotopic (exact) mass is 229 g/mol. The zero-order chi connectivity index (χ0) is 11.6. The summed E-state index contributed by atoms with van der Waals surface area (Å²) in [6.07, 6.45) is 4.54. The summed E-state index contributed by atoms with van der Waals surface area (Å²) >= 11 is 0. The third kappa shape index (κ3) is 5.80. The van der Waals surface area contributed by atoms with Crippen molar-refractivity contribution in [3.8, 4) is 0 Å². The Labute approximate surface area is 99.4 Å². The number of aliphatic hydroxyl groups is 1. The van der Waals surface area contributed by atoms with E-state index in [9.17, 15) is 0 Å². The van der Waals surface area contributed by atoms with Crippen LogP contribution in [0, 0.1) is 0 Å². The quantitative estimate of drug-likeness (QED) is 0.609. The SMILES string of the molecule is NCCCCN1CCCN(CCCO)CC1. The van der Waals surface area contributed by atoms with Crippen molar-refractivity contribution in [1.82, 2.24) is 9.80 Å². The minimum absolute atomic E-state index is 0.316. The highest BCUT2D eigenvalue weighted by molar-refractivity contribution is 4.69. The number of hydrogen-bond donors (Lipinski definition) is 2. The predicted molar refractivity (Wildman–Crippen MR) is 67.5 cm³/mol. The molecule has 4 nitrogen and oxygen atoms in total. The van der Waals surface area contributed by atoms with Gasteiger partial charge < -0.3 is 20.6 Å². The first-order valence-electron chi connectivity index (χ1n) is 6.62. The first kappa shape index (κ1) is 13.9. The van der Waals surface area contributed by atoms with E-state index in [0.29, 0.717) is 6.61 Å². The van der Waals surface area contributed by atoms with Gasteiger partial charge in [0.25, 0.3) is 0 Å². The Balaban J connectivity index is 2.13. The number of hydrogen-bond acceptors (Lipinski definition) is 4. The molecule has 1 heterocycles. The van der Waals surface area contributed by atoms with Gasteiger partial charge in [-0.15, -0.1) is 0 Å². The van der Waals surface area contributed by atoms with E-state index in [1.54, 1.807) is 0 Å². The first-order valence-corrected chi connectivity index (χ1v) is 6.62. The fraction of sp³-hybridized carbons (Fsp3) is 1.00. The van der Waals surface area contributed by atoms with Gasteiger partial charge in [-0.05, 0) is 51.9 Å². The van der Waals surface area contributed by atoms with Crippen molar-refractivity contribution < 1.29 is 5.11 Å². The van der Waals surface area contributed by atoms with E-state index in [2.05, 4.69) is 9.80 Å². The average Bonchev–Trinajstić information content (AvgIpc) is 2.52. The molecule has 0 amide bonds. The number of rotatable bonds is 7.